The number of benzene rings is 1. The van der Waals surface area contributed by atoms with Crippen LogP contribution < -0.4 is 4.74 Å². The molecule has 1 N–H and O–H groups in total. The number of rotatable bonds is 4. The van der Waals surface area contributed by atoms with Gasteiger partial charge in [0.05, 0.1) is 12.1 Å². The Labute approximate surface area is 121 Å². The van der Waals surface area contributed by atoms with E-state index in [9.17, 15) is 0 Å². The molecule has 0 spiro atoms. The Kier molecular flexibility index (Phi) is 4.52. The number of hydrogen-bond acceptors (Lipinski definition) is 4. The summed E-state index contributed by atoms with van der Waals surface area (Å²) in [6.45, 7) is 0.377. The Bertz CT molecular complexity index is 643. The lowest BCUT2D eigenvalue weighted by Crippen LogP contribution is -1.99. The molecule has 0 aliphatic heterocycles. The van der Waals surface area contributed by atoms with Crippen LogP contribution in [0.15, 0.2) is 24.3 Å². The highest BCUT2D eigenvalue weighted by atomic mass is 35.5. The Morgan fingerprint density at radius 2 is 2.11 bits per heavy atom. The van der Waals surface area contributed by atoms with Gasteiger partial charge in [-0.25, -0.2) is 4.98 Å². The summed E-state index contributed by atoms with van der Waals surface area (Å²) in [5, 5.41) is 0.566. The van der Waals surface area contributed by atoms with E-state index in [1.807, 2.05) is 12.1 Å². The molecule has 2 rings (SSSR count). The maximum atomic E-state index is 6.01. The predicted octanol–water partition coefficient (Wildman–Crippen LogP) is 3.61. The molecule has 0 radical (unpaired) electrons. The fraction of sp³-hybridized carbons (Fsp3) is 0.231. The van der Waals surface area contributed by atoms with E-state index in [2.05, 4.69) is 9.97 Å². The van der Waals surface area contributed by atoms with E-state index in [1.165, 1.54) is 0 Å². The molecular weight excluding hydrogens is 284 g/mol. The zero-order chi connectivity index (χ0) is 13.8. The number of hydrogen-bond donors (Lipinski definition) is 1. The quantitative estimate of drug-likeness (QED) is 0.876. The predicted molar refractivity (Wildman–Crippen MR) is 77.1 cm³/mol. The van der Waals surface area contributed by atoms with Gasteiger partial charge in [-0.2, -0.15) is 0 Å². The highest BCUT2D eigenvalue weighted by Crippen LogP contribution is 2.29. The highest BCUT2D eigenvalue weighted by Gasteiger charge is 2.06. The molecule has 1 aromatic carbocycles. The fourth-order valence-electron chi connectivity index (χ4n) is 1.70. The van der Waals surface area contributed by atoms with Crippen LogP contribution >= 0.6 is 23.8 Å². The summed E-state index contributed by atoms with van der Waals surface area (Å²) in [6, 6.07) is 7.31. The second-order valence-corrected chi connectivity index (χ2v) is 4.69. The largest absolute Gasteiger partial charge is 0.495 e. The number of nitrogens with zero attached hydrogens (tertiary/aromatic N) is 1. The van der Waals surface area contributed by atoms with Gasteiger partial charge < -0.3 is 14.5 Å². The molecule has 0 bridgehead atoms. The lowest BCUT2D eigenvalue weighted by Gasteiger charge is -2.08. The number of halogens is 1. The maximum Gasteiger partial charge on any atom is 0.138 e. The van der Waals surface area contributed by atoms with Gasteiger partial charge in [0.15, 0.2) is 0 Å². The third-order valence-electron chi connectivity index (χ3n) is 2.54. The SMILES string of the molecule is COCc1nc(=S)cc(-c2ccc(Cl)c(OC)c2)[nH]1. The Balaban J connectivity index is 2.49. The van der Waals surface area contributed by atoms with Gasteiger partial charge in [-0.3, -0.25) is 0 Å². The number of aromatic amines is 1. The summed E-state index contributed by atoms with van der Waals surface area (Å²) < 4.78 is 10.8. The molecular formula is C13H13ClN2O2S. The summed E-state index contributed by atoms with van der Waals surface area (Å²) in [6.07, 6.45) is 0. The molecule has 6 heteroatoms. The van der Waals surface area contributed by atoms with Crippen LogP contribution in [0.1, 0.15) is 5.82 Å². The van der Waals surface area contributed by atoms with Gasteiger partial charge in [0.1, 0.15) is 22.8 Å². The van der Waals surface area contributed by atoms with E-state index in [-0.39, 0.29) is 0 Å². The minimum Gasteiger partial charge on any atom is -0.495 e. The number of ether oxygens (including phenoxy) is 2. The first kappa shape index (κ1) is 14.0. The molecule has 19 heavy (non-hydrogen) atoms. The second kappa shape index (κ2) is 6.14. The van der Waals surface area contributed by atoms with Crippen molar-refractivity contribution in [2.45, 2.75) is 6.61 Å². The summed E-state index contributed by atoms with van der Waals surface area (Å²) in [7, 11) is 3.19. The molecule has 0 aliphatic rings. The van der Waals surface area contributed by atoms with Crippen LogP contribution in [0.25, 0.3) is 11.3 Å². The lowest BCUT2D eigenvalue weighted by molar-refractivity contribution is 0.177. The molecule has 0 fully saturated rings. The van der Waals surface area contributed by atoms with Crippen molar-refractivity contribution in [3.05, 3.63) is 39.8 Å². The highest BCUT2D eigenvalue weighted by molar-refractivity contribution is 7.71. The minimum absolute atomic E-state index is 0.377. The van der Waals surface area contributed by atoms with Crippen molar-refractivity contribution in [3.63, 3.8) is 0 Å². The van der Waals surface area contributed by atoms with Crippen LogP contribution in [-0.2, 0) is 11.3 Å². The smallest absolute Gasteiger partial charge is 0.138 e. The molecule has 0 saturated carbocycles. The normalized spacial score (nSPS) is 10.5. The summed E-state index contributed by atoms with van der Waals surface area (Å²) in [4.78, 5) is 7.36. The molecule has 0 saturated heterocycles. The van der Waals surface area contributed by atoms with E-state index in [0.717, 1.165) is 11.3 Å². The first-order valence-corrected chi connectivity index (χ1v) is 6.35. The van der Waals surface area contributed by atoms with E-state index >= 15 is 0 Å². The monoisotopic (exact) mass is 296 g/mol. The van der Waals surface area contributed by atoms with Crippen molar-refractivity contribution in [2.75, 3.05) is 14.2 Å². The summed E-state index contributed by atoms with van der Waals surface area (Å²) in [5.41, 5.74) is 1.77. The number of H-pyrrole nitrogens is 1. The molecule has 100 valence electrons. The van der Waals surface area contributed by atoms with Crippen molar-refractivity contribution < 1.29 is 9.47 Å². The fourth-order valence-corrected chi connectivity index (χ4v) is 2.12. The number of methoxy groups -OCH3 is 2. The molecule has 0 amide bonds. The molecule has 4 nitrogen and oxygen atoms in total. The molecule has 0 unspecified atom stereocenters. The molecule has 1 aromatic heterocycles. The first-order valence-electron chi connectivity index (χ1n) is 5.57. The molecule has 0 aliphatic carbocycles. The van der Waals surface area contributed by atoms with Gasteiger partial charge in [-0.1, -0.05) is 29.9 Å². The van der Waals surface area contributed by atoms with Crippen molar-refractivity contribution in [2.24, 2.45) is 0 Å². The van der Waals surface area contributed by atoms with E-state index in [0.29, 0.717) is 27.8 Å². The average Bonchev–Trinajstić information content (AvgIpc) is 2.39. The van der Waals surface area contributed by atoms with Crippen LogP contribution in [0.3, 0.4) is 0 Å². The first-order chi connectivity index (χ1) is 9.13. The maximum absolute atomic E-state index is 6.01. The lowest BCUT2D eigenvalue weighted by atomic mass is 10.1. The van der Waals surface area contributed by atoms with Crippen molar-refractivity contribution in [3.8, 4) is 17.0 Å². The minimum atomic E-state index is 0.377. The molecule has 0 atom stereocenters. The van der Waals surface area contributed by atoms with Gasteiger partial charge in [0.25, 0.3) is 0 Å². The Morgan fingerprint density at radius 3 is 2.79 bits per heavy atom. The van der Waals surface area contributed by atoms with Crippen LogP contribution in [-0.4, -0.2) is 24.2 Å². The van der Waals surface area contributed by atoms with Gasteiger partial charge in [0.2, 0.25) is 0 Å². The number of aromatic nitrogens is 2. The Morgan fingerprint density at radius 1 is 1.32 bits per heavy atom. The van der Waals surface area contributed by atoms with Gasteiger partial charge in [-0.15, -0.1) is 0 Å². The van der Waals surface area contributed by atoms with Crippen molar-refractivity contribution in [1.82, 2.24) is 9.97 Å². The van der Waals surface area contributed by atoms with E-state index in [4.69, 9.17) is 33.3 Å². The molecule has 1 heterocycles. The van der Waals surface area contributed by atoms with E-state index < -0.39 is 0 Å². The van der Waals surface area contributed by atoms with E-state index in [1.54, 1.807) is 26.4 Å². The Hall–Kier alpha value is -1.43. The summed E-state index contributed by atoms with van der Waals surface area (Å²) >= 11 is 11.2. The van der Waals surface area contributed by atoms with Gasteiger partial charge in [-0.05, 0) is 18.2 Å². The van der Waals surface area contributed by atoms with Crippen LogP contribution in [0.5, 0.6) is 5.75 Å². The standard InChI is InChI=1S/C13H13ClN2O2S/c1-17-7-12-15-10(6-13(19)16-12)8-3-4-9(14)11(5-8)18-2/h3-6H,7H2,1-2H3,(H,15,16,19). The van der Waals surface area contributed by atoms with Crippen molar-refractivity contribution >= 4 is 23.8 Å². The zero-order valence-corrected chi connectivity index (χ0v) is 12.1. The van der Waals surface area contributed by atoms with Crippen LogP contribution in [0, 0.1) is 4.64 Å². The summed E-state index contributed by atoms with van der Waals surface area (Å²) in [5.74, 6) is 1.29. The zero-order valence-electron chi connectivity index (χ0n) is 10.6. The van der Waals surface area contributed by atoms with Crippen molar-refractivity contribution in [1.29, 1.82) is 0 Å². The number of nitrogens with one attached hydrogen (secondary N) is 1. The van der Waals surface area contributed by atoms with Crippen LogP contribution in [0.4, 0.5) is 0 Å². The molecule has 2 aromatic rings. The van der Waals surface area contributed by atoms with Gasteiger partial charge in [0, 0.05) is 18.4 Å². The van der Waals surface area contributed by atoms with Gasteiger partial charge >= 0.3 is 0 Å². The van der Waals surface area contributed by atoms with Crippen LogP contribution in [0.2, 0.25) is 5.02 Å². The topological polar surface area (TPSA) is 47.1 Å². The average molecular weight is 297 g/mol. The third-order valence-corrected chi connectivity index (χ3v) is 3.06. The third kappa shape index (κ3) is 3.32. The second-order valence-electron chi connectivity index (χ2n) is 3.86.